The molecular formula is C11H14ClN3O4S2. The molecule has 0 saturated carbocycles. The van der Waals surface area contributed by atoms with E-state index in [1.807, 2.05) is 0 Å². The first kappa shape index (κ1) is 16.3. The van der Waals surface area contributed by atoms with Crippen molar-refractivity contribution in [3.8, 4) is 0 Å². The Morgan fingerprint density at radius 2 is 2.29 bits per heavy atom. The molecule has 1 aromatic rings. The standard InChI is InChI=1S/C11H14ClN3O4S2/c1-2-21(18,19)11-7-20-4-3-14(11)10-6-8(15(16)17)5-9(12)13-10/h5-6,11H,2-4,7H2,1H3. The van der Waals surface area contributed by atoms with Gasteiger partial charge in [0.15, 0.2) is 9.84 Å². The fourth-order valence-corrected chi connectivity index (χ4v) is 5.23. The Bertz CT molecular complexity index is 653. The van der Waals surface area contributed by atoms with Crippen molar-refractivity contribution in [2.45, 2.75) is 12.3 Å². The summed E-state index contributed by atoms with van der Waals surface area (Å²) in [4.78, 5) is 16.0. The van der Waals surface area contributed by atoms with Gasteiger partial charge in [-0.2, -0.15) is 11.8 Å². The lowest BCUT2D eigenvalue weighted by molar-refractivity contribution is -0.384. The highest BCUT2D eigenvalue weighted by atomic mass is 35.5. The zero-order chi connectivity index (χ0) is 15.6. The van der Waals surface area contributed by atoms with Crippen LogP contribution in [0, 0.1) is 10.1 Å². The van der Waals surface area contributed by atoms with Crippen molar-refractivity contribution >= 4 is 44.7 Å². The second-order valence-electron chi connectivity index (χ2n) is 4.44. The van der Waals surface area contributed by atoms with Crippen molar-refractivity contribution in [2.24, 2.45) is 0 Å². The van der Waals surface area contributed by atoms with E-state index in [1.165, 1.54) is 6.07 Å². The molecule has 2 heterocycles. The molecule has 1 unspecified atom stereocenters. The maximum atomic E-state index is 12.2. The van der Waals surface area contributed by atoms with Gasteiger partial charge in [0, 0.05) is 23.8 Å². The normalized spacial score (nSPS) is 19.5. The average molecular weight is 352 g/mol. The summed E-state index contributed by atoms with van der Waals surface area (Å²) in [5.41, 5.74) is -0.198. The lowest BCUT2D eigenvalue weighted by atomic mass is 10.3. The predicted molar refractivity (Wildman–Crippen MR) is 83.8 cm³/mol. The molecule has 1 aliphatic rings. The van der Waals surface area contributed by atoms with Crippen LogP contribution in [0.15, 0.2) is 12.1 Å². The van der Waals surface area contributed by atoms with Crippen LogP contribution >= 0.6 is 23.4 Å². The van der Waals surface area contributed by atoms with Gasteiger partial charge in [-0.15, -0.1) is 0 Å². The number of nitro groups is 1. The third-order valence-electron chi connectivity index (χ3n) is 3.17. The molecule has 10 heteroatoms. The highest BCUT2D eigenvalue weighted by molar-refractivity contribution is 8.01. The third kappa shape index (κ3) is 3.58. The van der Waals surface area contributed by atoms with Crippen molar-refractivity contribution < 1.29 is 13.3 Å². The van der Waals surface area contributed by atoms with Gasteiger partial charge in [0.25, 0.3) is 5.69 Å². The minimum absolute atomic E-state index is 0.0113. The monoisotopic (exact) mass is 351 g/mol. The average Bonchev–Trinajstić information content (AvgIpc) is 2.46. The van der Waals surface area contributed by atoms with E-state index in [1.54, 1.807) is 23.6 Å². The number of sulfone groups is 1. The van der Waals surface area contributed by atoms with E-state index >= 15 is 0 Å². The lowest BCUT2D eigenvalue weighted by Crippen LogP contribution is -2.48. The van der Waals surface area contributed by atoms with Crippen LogP contribution in [0.25, 0.3) is 0 Å². The van der Waals surface area contributed by atoms with Crippen LogP contribution in [0.4, 0.5) is 11.5 Å². The van der Waals surface area contributed by atoms with Gasteiger partial charge in [-0.05, 0) is 0 Å². The summed E-state index contributed by atoms with van der Waals surface area (Å²) < 4.78 is 24.4. The van der Waals surface area contributed by atoms with Gasteiger partial charge >= 0.3 is 0 Å². The van der Waals surface area contributed by atoms with E-state index in [0.29, 0.717) is 12.3 Å². The smallest absolute Gasteiger partial charge is 0.276 e. The topological polar surface area (TPSA) is 93.4 Å². The predicted octanol–water partition coefficient (Wildman–Crippen LogP) is 1.96. The van der Waals surface area contributed by atoms with Gasteiger partial charge in [0.05, 0.1) is 17.1 Å². The molecule has 0 radical (unpaired) electrons. The summed E-state index contributed by atoms with van der Waals surface area (Å²) in [5, 5.41) is 10.1. The largest absolute Gasteiger partial charge is 0.338 e. The molecular weight excluding hydrogens is 338 g/mol. The molecule has 0 aromatic carbocycles. The SMILES string of the molecule is CCS(=O)(=O)C1CSCCN1c1cc([N+](=O)[O-])cc(Cl)n1. The van der Waals surface area contributed by atoms with Crippen LogP contribution in [0.5, 0.6) is 0 Å². The summed E-state index contributed by atoms with van der Waals surface area (Å²) in [7, 11) is -3.31. The van der Waals surface area contributed by atoms with Gasteiger partial charge in [-0.1, -0.05) is 18.5 Å². The molecule has 7 nitrogen and oxygen atoms in total. The highest BCUT2D eigenvalue weighted by Gasteiger charge is 2.34. The summed E-state index contributed by atoms with van der Waals surface area (Å²) in [5.74, 6) is 1.39. The number of nitrogens with zero attached hydrogens (tertiary/aromatic N) is 3. The zero-order valence-corrected chi connectivity index (χ0v) is 13.6. The summed E-state index contributed by atoms with van der Waals surface area (Å²) >= 11 is 7.36. The first-order valence-electron chi connectivity index (χ1n) is 6.23. The number of hydrogen-bond acceptors (Lipinski definition) is 7. The van der Waals surface area contributed by atoms with E-state index in [0.717, 1.165) is 11.8 Å². The van der Waals surface area contributed by atoms with Crippen LogP contribution in [-0.2, 0) is 9.84 Å². The quantitative estimate of drug-likeness (QED) is 0.465. The molecule has 21 heavy (non-hydrogen) atoms. The summed E-state index contributed by atoms with van der Waals surface area (Å²) in [6.45, 7) is 2.04. The minimum atomic E-state index is -3.31. The first-order chi connectivity index (χ1) is 9.85. The number of pyridine rings is 1. The second kappa shape index (κ2) is 6.37. The Kier molecular flexibility index (Phi) is 4.95. The zero-order valence-electron chi connectivity index (χ0n) is 11.2. The molecule has 0 aliphatic carbocycles. The van der Waals surface area contributed by atoms with Crippen LogP contribution in [0.2, 0.25) is 5.15 Å². The summed E-state index contributed by atoms with van der Waals surface area (Å²) in [6.07, 6.45) is 0. The van der Waals surface area contributed by atoms with Crippen molar-refractivity contribution in [3.05, 3.63) is 27.4 Å². The molecule has 0 amide bonds. The number of anilines is 1. The van der Waals surface area contributed by atoms with Crippen LogP contribution < -0.4 is 4.90 Å². The van der Waals surface area contributed by atoms with E-state index < -0.39 is 20.1 Å². The van der Waals surface area contributed by atoms with Crippen molar-refractivity contribution in [1.29, 1.82) is 0 Å². The van der Waals surface area contributed by atoms with Gasteiger partial charge < -0.3 is 4.90 Å². The van der Waals surface area contributed by atoms with Crippen molar-refractivity contribution in [1.82, 2.24) is 4.98 Å². The molecule has 116 valence electrons. The van der Waals surface area contributed by atoms with E-state index in [2.05, 4.69) is 4.98 Å². The van der Waals surface area contributed by atoms with Gasteiger partial charge in [-0.25, -0.2) is 13.4 Å². The van der Waals surface area contributed by atoms with Crippen LogP contribution in [-0.4, -0.2) is 47.5 Å². The first-order valence-corrected chi connectivity index (χ1v) is 9.48. The van der Waals surface area contributed by atoms with Crippen molar-refractivity contribution in [3.63, 3.8) is 0 Å². The maximum absolute atomic E-state index is 12.2. The van der Waals surface area contributed by atoms with Crippen LogP contribution in [0.1, 0.15) is 6.92 Å². The van der Waals surface area contributed by atoms with E-state index in [9.17, 15) is 18.5 Å². The van der Waals surface area contributed by atoms with Gasteiger partial charge in [0.2, 0.25) is 0 Å². The van der Waals surface area contributed by atoms with Crippen molar-refractivity contribution in [2.75, 3.05) is 28.7 Å². The molecule has 0 bridgehead atoms. The Morgan fingerprint density at radius 3 is 2.90 bits per heavy atom. The Labute approximate surface area is 131 Å². The fourth-order valence-electron chi connectivity index (χ4n) is 2.06. The van der Waals surface area contributed by atoms with E-state index in [4.69, 9.17) is 11.6 Å². The maximum Gasteiger partial charge on any atom is 0.276 e. The highest BCUT2D eigenvalue weighted by Crippen LogP contribution is 2.29. The molecule has 1 saturated heterocycles. The number of aromatic nitrogens is 1. The molecule has 0 N–H and O–H groups in total. The lowest BCUT2D eigenvalue weighted by Gasteiger charge is -2.35. The molecule has 1 aliphatic heterocycles. The number of rotatable bonds is 4. The fraction of sp³-hybridized carbons (Fsp3) is 0.545. The molecule has 1 atom stereocenters. The molecule has 1 aromatic heterocycles. The third-order valence-corrected chi connectivity index (χ3v) is 6.65. The van der Waals surface area contributed by atoms with Gasteiger partial charge in [0.1, 0.15) is 16.3 Å². The minimum Gasteiger partial charge on any atom is -0.338 e. The Morgan fingerprint density at radius 1 is 1.57 bits per heavy atom. The molecule has 1 fully saturated rings. The van der Waals surface area contributed by atoms with Crippen LogP contribution in [0.3, 0.4) is 0 Å². The second-order valence-corrected chi connectivity index (χ2v) is 8.42. The summed E-state index contributed by atoms with van der Waals surface area (Å²) in [6, 6.07) is 2.41. The van der Waals surface area contributed by atoms with Gasteiger partial charge in [-0.3, -0.25) is 10.1 Å². The number of thioether (sulfide) groups is 1. The molecule has 2 rings (SSSR count). The Hall–Kier alpha value is -1.06. The number of halogens is 1. The molecule has 0 spiro atoms. The Balaban J connectivity index is 2.45. The van der Waals surface area contributed by atoms with E-state index in [-0.39, 0.29) is 22.4 Å². The number of hydrogen-bond donors (Lipinski definition) is 0.